The molecular weight excluding hydrogens is 474 g/mol. The number of esters is 3. The number of fused-ring (bicyclic) bond motifs is 1. The van der Waals surface area contributed by atoms with Gasteiger partial charge in [0.15, 0.2) is 0 Å². The van der Waals surface area contributed by atoms with Gasteiger partial charge >= 0.3 is 17.9 Å². The molecule has 2 aliphatic carbocycles. The first-order valence-corrected chi connectivity index (χ1v) is 13.5. The predicted molar refractivity (Wildman–Crippen MR) is 137 cm³/mol. The minimum Gasteiger partial charge on any atom is -0.464 e. The number of aliphatic hydroxyl groups is 1. The van der Waals surface area contributed by atoms with Crippen molar-refractivity contribution in [3.05, 3.63) is 36.0 Å². The standard InChI is InChI=1S/C29H41NO7/c1-19-5-8-24-28(3,23(19)7-6-21-12-16-35-27(21)34)13-9-25(37-20(2)31)29(24,4)18-36-26(33)17-30-14-10-22(32)11-15-30/h6-7,12,22-25,32H,1,5,8-11,13-18H2,2-4H3/b7-6+/t23-,24+,25-,28+,29+/m1/s1. The number of aliphatic hydroxyl groups excluding tert-OH is 1. The zero-order chi connectivity index (χ0) is 26.8. The largest absolute Gasteiger partial charge is 0.464 e. The van der Waals surface area contributed by atoms with Gasteiger partial charge in [0.05, 0.1) is 18.2 Å². The Morgan fingerprint density at radius 3 is 2.62 bits per heavy atom. The van der Waals surface area contributed by atoms with Gasteiger partial charge in [-0.2, -0.15) is 0 Å². The van der Waals surface area contributed by atoms with E-state index in [0.29, 0.717) is 44.5 Å². The van der Waals surface area contributed by atoms with Crippen LogP contribution in [0.5, 0.6) is 0 Å². The van der Waals surface area contributed by atoms with Gasteiger partial charge < -0.3 is 19.3 Å². The molecule has 4 aliphatic rings. The highest BCUT2D eigenvalue weighted by atomic mass is 16.6. The number of piperidine rings is 1. The maximum Gasteiger partial charge on any atom is 0.338 e. The van der Waals surface area contributed by atoms with E-state index in [-0.39, 0.29) is 60.5 Å². The van der Waals surface area contributed by atoms with Crippen LogP contribution in [0.1, 0.15) is 59.3 Å². The van der Waals surface area contributed by atoms with E-state index in [0.717, 1.165) is 24.8 Å². The lowest BCUT2D eigenvalue weighted by molar-refractivity contribution is -0.190. The van der Waals surface area contributed by atoms with Gasteiger partial charge in [-0.3, -0.25) is 14.5 Å². The number of hydrogen-bond donors (Lipinski definition) is 1. The molecule has 0 spiro atoms. The fourth-order valence-electron chi connectivity index (χ4n) is 7.10. The van der Waals surface area contributed by atoms with Crippen LogP contribution in [0.2, 0.25) is 0 Å². The third-order valence-corrected chi connectivity index (χ3v) is 9.16. The first-order valence-electron chi connectivity index (χ1n) is 13.5. The summed E-state index contributed by atoms with van der Waals surface area (Å²) in [4.78, 5) is 38.8. The second-order valence-corrected chi connectivity index (χ2v) is 11.7. The van der Waals surface area contributed by atoms with Gasteiger partial charge in [-0.1, -0.05) is 38.2 Å². The number of carbonyl (C=O) groups excluding carboxylic acids is 3. The Hall–Kier alpha value is -2.45. The van der Waals surface area contributed by atoms with Crippen molar-refractivity contribution in [1.82, 2.24) is 4.90 Å². The molecule has 2 aliphatic heterocycles. The molecule has 0 aromatic rings. The molecular formula is C29H41NO7. The molecule has 204 valence electrons. The van der Waals surface area contributed by atoms with Crippen molar-refractivity contribution in [3.8, 4) is 0 Å². The van der Waals surface area contributed by atoms with Crippen molar-refractivity contribution in [2.75, 3.05) is 32.8 Å². The van der Waals surface area contributed by atoms with Gasteiger partial charge in [-0.15, -0.1) is 0 Å². The molecule has 0 radical (unpaired) electrons. The number of ether oxygens (including phenoxy) is 3. The zero-order valence-electron chi connectivity index (χ0n) is 22.4. The van der Waals surface area contributed by atoms with Gasteiger partial charge in [0.2, 0.25) is 0 Å². The lowest BCUT2D eigenvalue weighted by Gasteiger charge is -2.59. The molecule has 8 heteroatoms. The van der Waals surface area contributed by atoms with Crippen molar-refractivity contribution >= 4 is 17.9 Å². The lowest BCUT2D eigenvalue weighted by atomic mass is 9.46. The number of hydrogen-bond acceptors (Lipinski definition) is 8. The van der Waals surface area contributed by atoms with E-state index in [1.807, 2.05) is 11.0 Å². The molecule has 0 aromatic carbocycles. The predicted octanol–water partition coefficient (Wildman–Crippen LogP) is 3.35. The molecule has 1 N–H and O–H groups in total. The van der Waals surface area contributed by atoms with Crippen LogP contribution in [0.3, 0.4) is 0 Å². The summed E-state index contributed by atoms with van der Waals surface area (Å²) in [5.41, 5.74) is 0.925. The Labute approximate surface area is 219 Å². The maximum atomic E-state index is 12.8. The summed E-state index contributed by atoms with van der Waals surface area (Å²) >= 11 is 0. The highest BCUT2D eigenvalue weighted by molar-refractivity contribution is 5.93. The molecule has 37 heavy (non-hydrogen) atoms. The number of allylic oxidation sites excluding steroid dienone is 2. The summed E-state index contributed by atoms with van der Waals surface area (Å²) in [6.07, 6.45) is 9.54. The van der Waals surface area contributed by atoms with Gasteiger partial charge in [-0.05, 0) is 55.9 Å². The first-order chi connectivity index (χ1) is 17.5. The SMILES string of the molecule is C=C1CC[C@@H]2[C@](C)(COC(=O)CN3CCC(O)CC3)[C@H](OC(C)=O)CC[C@@]2(C)[C@@H]1/C=C/C1=CCOC1=O. The summed E-state index contributed by atoms with van der Waals surface area (Å²) < 4.78 is 16.8. The average Bonchev–Trinajstić information content (AvgIpc) is 3.25. The van der Waals surface area contributed by atoms with Gasteiger partial charge in [0.1, 0.15) is 19.3 Å². The summed E-state index contributed by atoms with van der Waals surface area (Å²) in [5.74, 6) is -0.788. The van der Waals surface area contributed by atoms with Crippen molar-refractivity contribution in [2.45, 2.75) is 71.5 Å². The molecule has 0 amide bonds. The first kappa shape index (κ1) is 27.6. The highest BCUT2D eigenvalue weighted by Crippen LogP contribution is 2.62. The smallest absolute Gasteiger partial charge is 0.338 e. The van der Waals surface area contributed by atoms with E-state index in [1.165, 1.54) is 6.92 Å². The lowest BCUT2D eigenvalue weighted by Crippen LogP contribution is -2.58. The Kier molecular flexibility index (Phi) is 8.29. The van der Waals surface area contributed by atoms with Crippen LogP contribution in [0.25, 0.3) is 0 Å². The third kappa shape index (κ3) is 5.85. The van der Waals surface area contributed by atoms with E-state index >= 15 is 0 Å². The van der Waals surface area contributed by atoms with Crippen molar-refractivity contribution in [3.63, 3.8) is 0 Å². The number of rotatable bonds is 7. The molecule has 2 saturated carbocycles. The third-order valence-electron chi connectivity index (χ3n) is 9.16. The van der Waals surface area contributed by atoms with Gasteiger partial charge in [0.25, 0.3) is 0 Å². The summed E-state index contributed by atoms with van der Waals surface area (Å²) in [6, 6.07) is 0. The number of cyclic esters (lactones) is 1. The highest BCUT2D eigenvalue weighted by Gasteiger charge is 2.59. The minimum absolute atomic E-state index is 0.0358. The fraction of sp³-hybridized carbons (Fsp3) is 0.690. The van der Waals surface area contributed by atoms with E-state index in [1.54, 1.807) is 6.08 Å². The normalized spacial score (nSPS) is 35.1. The molecule has 1 saturated heterocycles. The molecule has 0 unspecified atom stereocenters. The molecule has 5 atom stereocenters. The maximum absolute atomic E-state index is 12.8. The van der Waals surface area contributed by atoms with E-state index in [9.17, 15) is 19.5 Å². The van der Waals surface area contributed by atoms with Crippen LogP contribution in [0.15, 0.2) is 36.0 Å². The molecule has 2 heterocycles. The van der Waals surface area contributed by atoms with Gasteiger partial charge in [0, 0.05) is 31.3 Å². The summed E-state index contributed by atoms with van der Waals surface area (Å²) in [7, 11) is 0. The Balaban J connectivity index is 1.53. The number of carbonyl (C=O) groups is 3. The second kappa shape index (κ2) is 11.1. The van der Waals surface area contributed by atoms with Gasteiger partial charge in [-0.25, -0.2) is 4.79 Å². The van der Waals surface area contributed by atoms with Crippen LogP contribution in [-0.4, -0.2) is 73.0 Å². The van der Waals surface area contributed by atoms with Crippen molar-refractivity contribution in [2.24, 2.45) is 22.7 Å². The Morgan fingerprint density at radius 2 is 1.97 bits per heavy atom. The van der Waals surface area contributed by atoms with Crippen LogP contribution in [0.4, 0.5) is 0 Å². The number of nitrogens with zero attached hydrogens (tertiary/aromatic N) is 1. The van der Waals surface area contributed by atoms with Crippen molar-refractivity contribution < 1.29 is 33.7 Å². The molecule has 3 fully saturated rings. The monoisotopic (exact) mass is 515 g/mol. The second-order valence-electron chi connectivity index (χ2n) is 11.7. The zero-order valence-corrected chi connectivity index (χ0v) is 22.4. The van der Waals surface area contributed by atoms with E-state index in [2.05, 4.69) is 26.5 Å². The molecule has 0 aromatic heterocycles. The van der Waals surface area contributed by atoms with E-state index in [4.69, 9.17) is 14.2 Å². The minimum atomic E-state index is -0.565. The van der Waals surface area contributed by atoms with Crippen molar-refractivity contribution in [1.29, 1.82) is 0 Å². The van der Waals surface area contributed by atoms with E-state index < -0.39 is 5.41 Å². The molecule has 8 nitrogen and oxygen atoms in total. The van der Waals surface area contributed by atoms with Crippen LogP contribution < -0.4 is 0 Å². The Morgan fingerprint density at radius 1 is 1.24 bits per heavy atom. The number of likely N-dealkylation sites (tertiary alicyclic amines) is 1. The summed E-state index contributed by atoms with van der Waals surface area (Å²) in [6.45, 7) is 12.1. The topological polar surface area (TPSA) is 102 Å². The van der Waals surface area contributed by atoms with Crippen LogP contribution in [0, 0.1) is 22.7 Å². The average molecular weight is 516 g/mol. The summed E-state index contributed by atoms with van der Waals surface area (Å²) in [5, 5.41) is 9.74. The van der Waals surface area contributed by atoms with Crippen LogP contribution >= 0.6 is 0 Å². The molecule has 4 rings (SSSR count). The van der Waals surface area contributed by atoms with Crippen LogP contribution in [-0.2, 0) is 28.6 Å². The fourth-order valence-corrected chi connectivity index (χ4v) is 7.10. The Bertz CT molecular complexity index is 979. The quantitative estimate of drug-likeness (QED) is 0.313. The molecule has 0 bridgehead atoms.